The van der Waals surface area contributed by atoms with Gasteiger partial charge in [-0.3, -0.25) is 4.98 Å². The second-order valence-corrected chi connectivity index (χ2v) is 6.84. The minimum absolute atomic E-state index is 0.0683. The Morgan fingerprint density at radius 3 is 2.75 bits per heavy atom. The minimum atomic E-state index is 0.0683. The minimum Gasteiger partial charge on any atom is -0.339 e. The smallest absolute Gasteiger partial charge is 0.231 e. The van der Waals surface area contributed by atoms with Crippen molar-refractivity contribution >= 4 is 15.9 Å². The Labute approximate surface area is 127 Å². The van der Waals surface area contributed by atoms with E-state index in [2.05, 4.69) is 51.8 Å². The lowest BCUT2D eigenvalue weighted by atomic mass is 9.84. The molecule has 5 nitrogen and oxygen atoms in total. The molecule has 2 N–H and O–H groups in total. The van der Waals surface area contributed by atoms with Crippen LogP contribution in [0, 0.1) is 5.41 Å². The van der Waals surface area contributed by atoms with Crippen LogP contribution in [0.15, 0.2) is 27.3 Å². The lowest BCUT2D eigenvalue weighted by Crippen LogP contribution is -2.19. The Kier molecular flexibility index (Phi) is 4.55. The molecule has 20 heavy (non-hydrogen) atoms. The molecule has 0 spiro atoms. The van der Waals surface area contributed by atoms with Gasteiger partial charge in [-0.15, -0.1) is 0 Å². The van der Waals surface area contributed by atoms with Gasteiger partial charge in [0.2, 0.25) is 11.7 Å². The highest BCUT2D eigenvalue weighted by Crippen LogP contribution is 2.31. The number of hydrogen-bond donors (Lipinski definition) is 1. The molecule has 0 saturated carbocycles. The van der Waals surface area contributed by atoms with Gasteiger partial charge < -0.3 is 10.3 Å². The molecular formula is C14H19BrN4O. The molecule has 2 heterocycles. The monoisotopic (exact) mass is 338 g/mol. The number of nitrogens with two attached hydrogens (primary N) is 1. The molecule has 0 amide bonds. The van der Waals surface area contributed by atoms with Gasteiger partial charge in [-0.25, -0.2) is 0 Å². The normalized spacial score (nSPS) is 13.4. The first-order valence-corrected chi connectivity index (χ1v) is 7.34. The quantitative estimate of drug-likeness (QED) is 0.924. The highest BCUT2D eigenvalue weighted by molar-refractivity contribution is 9.10. The Morgan fingerprint density at radius 2 is 2.15 bits per heavy atom. The van der Waals surface area contributed by atoms with E-state index in [-0.39, 0.29) is 11.3 Å². The lowest BCUT2D eigenvalue weighted by Gasteiger charge is -2.22. The summed E-state index contributed by atoms with van der Waals surface area (Å²) in [5, 5.41) is 4.01. The van der Waals surface area contributed by atoms with Gasteiger partial charge in [0.05, 0.1) is 5.92 Å². The van der Waals surface area contributed by atoms with Crippen molar-refractivity contribution in [2.75, 3.05) is 6.54 Å². The Hall–Kier alpha value is -1.27. The van der Waals surface area contributed by atoms with Gasteiger partial charge in [-0.1, -0.05) is 25.9 Å². The van der Waals surface area contributed by atoms with Crippen molar-refractivity contribution < 1.29 is 4.52 Å². The van der Waals surface area contributed by atoms with Crippen LogP contribution in [-0.4, -0.2) is 21.7 Å². The molecule has 2 aromatic heterocycles. The van der Waals surface area contributed by atoms with Gasteiger partial charge in [0.25, 0.3) is 0 Å². The Morgan fingerprint density at radius 1 is 1.40 bits per heavy atom. The number of rotatable bonds is 4. The van der Waals surface area contributed by atoms with Crippen molar-refractivity contribution in [2.45, 2.75) is 33.1 Å². The molecule has 0 aliphatic carbocycles. The summed E-state index contributed by atoms with van der Waals surface area (Å²) in [5.41, 5.74) is 6.67. The van der Waals surface area contributed by atoms with Gasteiger partial charge >= 0.3 is 0 Å². The van der Waals surface area contributed by atoms with Crippen LogP contribution < -0.4 is 5.73 Å². The zero-order chi connectivity index (χ0) is 14.8. The first-order chi connectivity index (χ1) is 9.40. The maximum Gasteiger partial charge on any atom is 0.231 e. The van der Waals surface area contributed by atoms with Crippen LogP contribution in [0.5, 0.6) is 0 Å². The summed E-state index contributed by atoms with van der Waals surface area (Å²) in [7, 11) is 0. The standard InChI is InChI=1S/C14H19BrN4O/c1-14(2,3)7-9(8-16)13-18-12(19-20-13)11-10(15)5-4-6-17-11/h4-6,9H,7-8,16H2,1-3H3. The zero-order valence-electron chi connectivity index (χ0n) is 11.9. The summed E-state index contributed by atoms with van der Waals surface area (Å²) in [6, 6.07) is 3.74. The zero-order valence-corrected chi connectivity index (χ0v) is 13.5. The number of aromatic nitrogens is 3. The fraction of sp³-hybridized carbons (Fsp3) is 0.500. The van der Waals surface area contributed by atoms with E-state index < -0.39 is 0 Å². The van der Waals surface area contributed by atoms with Gasteiger partial charge in [-0.05, 0) is 39.9 Å². The Bertz CT molecular complexity index is 577. The van der Waals surface area contributed by atoms with E-state index in [9.17, 15) is 0 Å². The largest absolute Gasteiger partial charge is 0.339 e. The van der Waals surface area contributed by atoms with Crippen LogP contribution in [-0.2, 0) is 0 Å². The average Bonchev–Trinajstić information content (AvgIpc) is 2.84. The van der Waals surface area contributed by atoms with Crippen molar-refractivity contribution in [3.8, 4) is 11.5 Å². The van der Waals surface area contributed by atoms with Crippen LogP contribution in [0.2, 0.25) is 0 Å². The second kappa shape index (κ2) is 6.01. The molecule has 2 aromatic rings. The number of pyridine rings is 1. The van der Waals surface area contributed by atoms with Crippen LogP contribution in [0.3, 0.4) is 0 Å². The molecule has 0 bridgehead atoms. The average molecular weight is 339 g/mol. The van der Waals surface area contributed by atoms with Crippen LogP contribution in [0.25, 0.3) is 11.5 Å². The van der Waals surface area contributed by atoms with Gasteiger partial charge in [0, 0.05) is 17.2 Å². The molecule has 108 valence electrons. The molecular weight excluding hydrogens is 320 g/mol. The topological polar surface area (TPSA) is 77.8 Å². The van der Waals surface area contributed by atoms with Crippen molar-refractivity contribution in [2.24, 2.45) is 11.1 Å². The third-order valence-electron chi connectivity index (χ3n) is 2.90. The van der Waals surface area contributed by atoms with E-state index in [4.69, 9.17) is 10.3 Å². The van der Waals surface area contributed by atoms with Gasteiger partial charge in [0.15, 0.2) is 0 Å². The molecule has 0 aromatic carbocycles. The van der Waals surface area contributed by atoms with Crippen LogP contribution >= 0.6 is 15.9 Å². The van der Waals surface area contributed by atoms with Crippen molar-refractivity contribution in [1.82, 2.24) is 15.1 Å². The maximum absolute atomic E-state index is 5.84. The third kappa shape index (κ3) is 3.64. The summed E-state index contributed by atoms with van der Waals surface area (Å²) in [4.78, 5) is 8.70. The molecule has 0 aliphatic rings. The molecule has 0 fully saturated rings. The van der Waals surface area contributed by atoms with Crippen LogP contribution in [0.4, 0.5) is 0 Å². The molecule has 2 rings (SSSR count). The number of hydrogen-bond acceptors (Lipinski definition) is 5. The van der Waals surface area contributed by atoms with Gasteiger partial charge in [0.1, 0.15) is 5.69 Å². The van der Waals surface area contributed by atoms with Crippen molar-refractivity contribution in [3.05, 3.63) is 28.7 Å². The summed E-state index contributed by atoms with van der Waals surface area (Å²) >= 11 is 3.44. The molecule has 0 saturated heterocycles. The number of halogens is 1. The van der Waals surface area contributed by atoms with E-state index in [1.54, 1.807) is 6.20 Å². The lowest BCUT2D eigenvalue weighted by molar-refractivity contribution is 0.287. The fourth-order valence-corrected chi connectivity index (χ4v) is 2.49. The SMILES string of the molecule is CC(C)(C)CC(CN)c1nc(-c2ncccc2Br)no1. The second-order valence-electron chi connectivity index (χ2n) is 5.99. The van der Waals surface area contributed by atoms with Crippen molar-refractivity contribution in [3.63, 3.8) is 0 Å². The summed E-state index contributed by atoms with van der Waals surface area (Å²) in [6.07, 6.45) is 2.60. The molecule has 1 unspecified atom stereocenters. The van der Waals surface area contributed by atoms with E-state index in [0.29, 0.717) is 24.0 Å². The predicted octanol–water partition coefficient (Wildman–Crippen LogP) is 3.37. The van der Waals surface area contributed by atoms with Crippen LogP contribution in [0.1, 0.15) is 39.0 Å². The first-order valence-electron chi connectivity index (χ1n) is 6.55. The molecule has 0 aliphatic heterocycles. The van der Waals surface area contributed by atoms with Crippen molar-refractivity contribution in [1.29, 1.82) is 0 Å². The Balaban J connectivity index is 2.26. The predicted molar refractivity (Wildman–Crippen MR) is 81.1 cm³/mol. The highest BCUT2D eigenvalue weighted by atomic mass is 79.9. The van der Waals surface area contributed by atoms with E-state index >= 15 is 0 Å². The maximum atomic E-state index is 5.84. The molecule has 6 heteroatoms. The highest BCUT2D eigenvalue weighted by Gasteiger charge is 2.24. The summed E-state index contributed by atoms with van der Waals surface area (Å²) in [5.74, 6) is 1.13. The van der Waals surface area contributed by atoms with E-state index in [1.807, 2.05) is 12.1 Å². The first kappa shape index (κ1) is 15.1. The van der Waals surface area contributed by atoms with Gasteiger partial charge in [-0.2, -0.15) is 4.98 Å². The fourth-order valence-electron chi connectivity index (χ4n) is 2.06. The summed E-state index contributed by atoms with van der Waals surface area (Å²) < 4.78 is 6.21. The molecule has 0 radical (unpaired) electrons. The van der Waals surface area contributed by atoms with E-state index in [0.717, 1.165) is 10.9 Å². The van der Waals surface area contributed by atoms with E-state index in [1.165, 1.54) is 0 Å². The number of nitrogens with zero attached hydrogens (tertiary/aromatic N) is 3. The molecule has 1 atom stereocenters. The third-order valence-corrected chi connectivity index (χ3v) is 3.54. The summed E-state index contributed by atoms with van der Waals surface area (Å²) in [6.45, 7) is 7.00.